The van der Waals surface area contributed by atoms with Crippen LogP contribution in [-0.4, -0.2) is 19.9 Å². The van der Waals surface area contributed by atoms with E-state index in [-0.39, 0.29) is 10.5 Å². The molecule has 0 radical (unpaired) electrons. The summed E-state index contributed by atoms with van der Waals surface area (Å²) in [5.74, 6) is 0. The smallest absolute Gasteiger partial charge is 0.252 e. The molecule has 0 aromatic heterocycles. The highest BCUT2D eigenvalue weighted by Gasteiger charge is 2.17. The molecule has 0 fully saturated rings. The number of aryl methyl sites for hydroxylation is 1. The molecule has 1 aromatic carbocycles. The number of carbonyl (C=O) groups is 1. The van der Waals surface area contributed by atoms with Gasteiger partial charge in [-0.15, -0.1) is 0 Å². The van der Waals surface area contributed by atoms with Gasteiger partial charge < -0.3 is 0 Å². The highest BCUT2D eigenvalue weighted by molar-refractivity contribution is 7.90. The Labute approximate surface area is 112 Å². The second-order valence-electron chi connectivity index (χ2n) is 3.95. The maximum absolute atomic E-state index is 11.7. The van der Waals surface area contributed by atoms with Crippen molar-refractivity contribution in [3.8, 4) is 0 Å². The van der Waals surface area contributed by atoms with Gasteiger partial charge in [-0.05, 0) is 48.2 Å². The lowest BCUT2D eigenvalue weighted by molar-refractivity contribution is 0.108. The Morgan fingerprint density at radius 2 is 2.00 bits per heavy atom. The van der Waals surface area contributed by atoms with Gasteiger partial charge in [-0.3, -0.25) is 4.79 Å². The molecule has 0 heterocycles. The minimum Gasteiger partial charge on any atom is -0.276 e. The Hall–Kier alpha value is -1.13. The standard InChI is InChI=1S/C13H15ClO3S/c1-4-6-10-7-9(5-2)11(13(14)15)8-12(10)18(3,16)17/h4,6-8H,5H2,1-3H3/b6-4-. The molecular formula is C13H15ClO3S. The Morgan fingerprint density at radius 1 is 1.39 bits per heavy atom. The highest BCUT2D eigenvalue weighted by Crippen LogP contribution is 2.24. The van der Waals surface area contributed by atoms with Crippen LogP contribution in [0, 0.1) is 0 Å². The van der Waals surface area contributed by atoms with E-state index in [1.165, 1.54) is 6.07 Å². The van der Waals surface area contributed by atoms with Crippen molar-refractivity contribution in [1.82, 2.24) is 0 Å². The van der Waals surface area contributed by atoms with E-state index in [0.29, 0.717) is 12.0 Å². The molecule has 0 atom stereocenters. The van der Waals surface area contributed by atoms with E-state index in [0.717, 1.165) is 11.8 Å². The van der Waals surface area contributed by atoms with E-state index >= 15 is 0 Å². The SMILES string of the molecule is C/C=C\c1cc(CC)c(C(=O)Cl)cc1S(C)(=O)=O. The molecule has 0 saturated heterocycles. The van der Waals surface area contributed by atoms with E-state index in [1.807, 2.05) is 6.92 Å². The van der Waals surface area contributed by atoms with Gasteiger partial charge in [0.25, 0.3) is 5.24 Å². The molecule has 0 amide bonds. The van der Waals surface area contributed by atoms with E-state index in [9.17, 15) is 13.2 Å². The summed E-state index contributed by atoms with van der Waals surface area (Å²) in [6.45, 7) is 3.69. The first-order valence-electron chi connectivity index (χ1n) is 5.50. The summed E-state index contributed by atoms with van der Waals surface area (Å²) in [6, 6.07) is 3.06. The van der Waals surface area contributed by atoms with E-state index in [2.05, 4.69) is 0 Å². The minimum absolute atomic E-state index is 0.127. The van der Waals surface area contributed by atoms with E-state index < -0.39 is 15.1 Å². The lowest BCUT2D eigenvalue weighted by Gasteiger charge is -2.10. The molecule has 0 spiro atoms. The van der Waals surface area contributed by atoms with Crippen molar-refractivity contribution < 1.29 is 13.2 Å². The molecule has 5 heteroatoms. The number of allylic oxidation sites excluding steroid dienone is 1. The molecule has 0 N–H and O–H groups in total. The van der Waals surface area contributed by atoms with Crippen LogP contribution in [0.3, 0.4) is 0 Å². The number of hydrogen-bond donors (Lipinski definition) is 0. The molecule has 3 nitrogen and oxygen atoms in total. The van der Waals surface area contributed by atoms with Crippen molar-refractivity contribution >= 4 is 32.8 Å². The summed E-state index contributed by atoms with van der Waals surface area (Å²) in [5.41, 5.74) is 1.59. The van der Waals surface area contributed by atoms with Crippen LogP contribution >= 0.6 is 11.6 Å². The largest absolute Gasteiger partial charge is 0.276 e. The molecule has 18 heavy (non-hydrogen) atoms. The van der Waals surface area contributed by atoms with Crippen molar-refractivity contribution in [3.05, 3.63) is 34.9 Å². The summed E-state index contributed by atoms with van der Waals surface area (Å²) in [6.07, 6.45) is 5.19. The van der Waals surface area contributed by atoms with E-state index in [1.54, 1.807) is 25.1 Å². The summed E-state index contributed by atoms with van der Waals surface area (Å²) in [5, 5.41) is -0.635. The van der Waals surface area contributed by atoms with E-state index in [4.69, 9.17) is 11.6 Å². The lowest BCUT2D eigenvalue weighted by atomic mass is 10.0. The molecule has 0 unspecified atom stereocenters. The van der Waals surface area contributed by atoms with Crippen molar-refractivity contribution in [2.45, 2.75) is 25.2 Å². The van der Waals surface area contributed by atoms with Gasteiger partial charge in [0, 0.05) is 11.8 Å². The average molecular weight is 287 g/mol. The predicted octanol–water partition coefficient (Wildman–Crippen LogP) is 3.06. The highest BCUT2D eigenvalue weighted by atomic mass is 35.5. The first-order valence-corrected chi connectivity index (χ1v) is 7.77. The predicted molar refractivity (Wildman–Crippen MR) is 73.8 cm³/mol. The Kier molecular flexibility index (Phi) is 4.71. The third-order valence-corrected chi connectivity index (χ3v) is 3.93. The van der Waals surface area contributed by atoms with Gasteiger partial charge in [0.05, 0.1) is 4.90 Å². The van der Waals surface area contributed by atoms with Crippen LogP contribution < -0.4 is 0 Å². The zero-order valence-electron chi connectivity index (χ0n) is 10.5. The number of sulfone groups is 1. The molecule has 0 bridgehead atoms. The number of carbonyl (C=O) groups excluding carboxylic acids is 1. The third-order valence-electron chi connectivity index (χ3n) is 2.57. The maximum Gasteiger partial charge on any atom is 0.252 e. The fourth-order valence-electron chi connectivity index (χ4n) is 1.75. The normalized spacial score (nSPS) is 12.0. The molecule has 0 aliphatic rings. The van der Waals surface area contributed by atoms with Gasteiger partial charge in [-0.2, -0.15) is 0 Å². The van der Waals surface area contributed by atoms with Gasteiger partial charge in [-0.25, -0.2) is 8.42 Å². The van der Waals surface area contributed by atoms with Crippen molar-refractivity contribution in [2.75, 3.05) is 6.26 Å². The van der Waals surface area contributed by atoms with Crippen LogP contribution in [0.15, 0.2) is 23.1 Å². The van der Waals surface area contributed by atoms with Crippen LogP contribution in [0.1, 0.15) is 35.3 Å². The average Bonchev–Trinajstić information content (AvgIpc) is 2.26. The van der Waals surface area contributed by atoms with Gasteiger partial charge in [0.15, 0.2) is 9.84 Å². The van der Waals surface area contributed by atoms with Gasteiger partial charge in [0.1, 0.15) is 0 Å². The summed E-state index contributed by atoms with van der Waals surface area (Å²) >= 11 is 5.49. The lowest BCUT2D eigenvalue weighted by Crippen LogP contribution is -2.05. The van der Waals surface area contributed by atoms with Crippen LogP contribution in [0.2, 0.25) is 0 Å². The second kappa shape index (κ2) is 5.67. The van der Waals surface area contributed by atoms with Crippen LogP contribution in [0.5, 0.6) is 0 Å². The zero-order valence-corrected chi connectivity index (χ0v) is 12.1. The zero-order chi connectivity index (χ0) is 13.9. The monoisotopic (exact) mass is 286 g/mol. The summed E-state index contributed by atoms with van der Waals surface area (Å²) in [4.78, 5) is 11.5. The summed E-state index contributed by atoms with van der Waals surface area (Å²) in [7, 11) is -3.40. The Morgan fingerprint density at radius 3 is 2.39 bits per heavy atom. The quantitative estimate of drug-likeness (QED) is 0.799. The van der Waals surface area contributed by atoms with Gasteiger partial charge >= 0.3 is 0 Å². The van der Waals surface area contributed by atoms with Gasteiger partial charge in [0.2, 0.25) is 0 Å². The Bertz CT molecular complexity index is 601. The maximum atomic E-state index is 11.7. The van der Waals surface area contributed by atoms with Crippen LogP contribution in [0.4, 0.5) is 0 Å². The molecule has 98 valence electrons. The fourth-order valence-corrected chi connectivity index (χ4v) is 2.81. The second-order valence-corrected chi connectivity index (χ2v) is 6.27. The molecule has 0 aliphatic carbocycles. The minimum atomic E-state index is -3.40. The van der Waals surface area contributed by atoms with Gasteiger partial charge in [-0.1, -0.05) is 19.1 Å². The number of rotatable bonds is 4. The first kappa shape index (κ1) is 14.9. The topological polar surface area (TPSA) is 51.2 Å². The molecule has 1 aromatic rings. The fraction of sp³-hybridized carbons (Fsp3) is 0.308. The number of halogens is 1. The Balaban J connectivity index is 3.68. The summed E-state index contributed by atoms with van der Waals surface area (Å²) < 4.78 is 23.4. The van der Waals surface area contributed by atoms with Crippen molar-refractivity contribution in [3.63, 3.8) is 0 Å². The van der Waals surface area contributed by atoms with Crippen LogP contribution in [0.25, 0.3) is 6.08 Å². The first-order chi connectivity index (χ1) is 8.31. The van der Waals surface area contributed by atoms with Crippen LogP contribution in [-0.2, 0) is 16.3 Å². The molecular weight excluding hydrogens is 272 g/mol. The molecule has 1 rings (SSSR count). The van der Waals surface area contributed by atoms with Crippen molar-refractivity contribution in [1.29, 1.82) is 0 Å². The molecule has 0 saturated carbocycles. The molecule has 0 aliphatic heterocycles. The van der Waals surface area contributed by atoms with Crippen molar-refractivity contribution in [2.24, 2.45) is 0 Å². The third kappa shape index (κ3) is 3.21. The number of hydrogen-bond acceptors (Lipinski definition) is 3. The number of benzene rings is 1.